The Hall–Kier alpha value is -2.01. The molecule has 2 aromatic carbocycles. The van der Waals surface area contributed by atoms with Gasteiger partial charge in [0.1, 0.15) is 0 Å². The van der Waals surface area contributed by atoms with Crippen molar-refractivity contribution in [2.45, 2.75) is 20.0 Å². The number of hydrogen-bond donors (Lipinski definition) is 0. The zero-order valence-corrected chi connectivity index (χ0v) is 17.1. The number of Topliss-reactive ketones (excluding diaryl/α,β-unsaturated/α-hetero) is 1. The van der Waals surface area contributed by atoms with Crippen molar-refractivity contribution in [1.82, 2.24) is 9.80 Å². The topological polar surface area (TPSA) is 32.8 Å². The molecular weight excluding hydrogens is 348 g/mol. The first-order chi connectivity index (χ1) is 13.7. The minimum absolute atomic E-state index is 0.0226. The molecule has 1 saturated heterocycles. The summed E-state index contributed by atoms with van der Waals surface area (Å²) in [7, 11) is 0. The van der Waals surface area contributed by atoms with Crippen LogP contribution in [0.15, 0.2) is 60.7 Å². The third-order valence-electron chi connectivity index (χ3n) is 5.47. The number of ketones is 1. The van der Waals surface area contributed by atoms with E-state index in [4.69, 9.17) is 4.74 Å². The van der Waals surface area contributed by atoms with E-state index in [2.05, 4.69) is 41.0 Å². The molecule has 1 heterocycles. The molecule has 2 atom stereocenters. The molecule has 0 saturated carbocycles. The molecule has 4 nitrogen and oxygen atoms in total. The van der Waals surface area contributed by atoms with Gasteiger partial charge >= 0.3 is 0 Å². The third kappa shape index (κ3) is 5.74. The van der Waals surface area contributed by atoms with Crippen LogP contribution in [-0.2, 0) is 4.74 Å². The molecule has 2 aromatic rings. The third-order valence-corrected chi connectivity index (χ3v) is 5.47. The van der Waals surface area contributed by atoms with E-state index in [9.17, 15) is 4.79 Å². The predicted octanol–water partition coefficient (Wildman–Crippen LogP) is 3.90. The van der Waals surface area contributed by atoms with Gasteiger partial charge in [-0.15, -0.1) is 0 Å². The lowest BCUT2D eigenvalue weighted by molar-refractivity contribution is 0.0170. The van der Waals surface area contributed by atoms with Crippen molar-refractivity contribution < 1.29 is 9.53 Å². The van der Waals surface area contributed by atoms with E-state index in [1.54, 1.807) is 0 Å². The summed E-state index contributed by atoms with van der Waals surface area (Å²) in [5, 5.41) is 0. The zero-order chi connectivity index (χ0) is 19.8. The average molecular weight is 381 g/mol. The number of piperazine rings is 1. The van der Waals surface area contributed by atoms with Gasteiger partial charge in [-0.05, 0) is 12.5 Å². The van der Waals surface area contributed by atoms with E-state index in [1.165, 1.54) is 5.56 Å². The summed E-state index contributed by atoms with van der Waals surface area (Å²) in [4.78, 5) is 17.5. The molecular formula is C24H32N2O2. The highest BCUT2D eigenvalue weighted by Crippen LogP contribution is 2.20. The lowest BCUT2D eigenvalue weighted by Crippen LogP contribution is -2.49. The van der Waals surface area contributed by atoms with Crippen molar-refractivity contribution in [3.8, 4) is 0 Å². The first-order valence-corrected chi connectivity index (χ1v) is 10.4. The van der Waals surface area contributed by atoms with Crippen LogP contribution in [0.2, 0.25) is 0 Å². The number of nitrogens with zero attached hydrogens (tertiary/aromatic N) is 2. The van der Waals surface area contributed by atoms with Crippen LogP contribution in [0.3, 0.4) is 0 Å². The molecule has 0 N–H and O–H groups in total. The van der Waals surface area contributed by atoms with Crippen LogP contribution in [0.4, 0.5) is 0 Å². The lowest BCUT2D eigenvalue weighted by atomic mass is 9.98. The first-order valence-electron chi connectivity index (χ1n) is 10.4. The van der Waals surface area contributed by atoms with Crippen LogP contribution in [0.5, 0.6) is 0 Å². The number of benzene rings is 2. The molecule has 0 amide bonds. The lowest BCUT2D eigenvalue weighted by Gasteiger charge is -2.37. The van der Waals surface area contributed by atoms with Crippen LogP contribution in [0.1, 0.15) is 35.9 Å². The van der Waals surface area contributed by atoms with Gasteiger partial charge < -0.3 is 9.64 Å². The Labute approximate surface area is 169 Å². The van der Waals surface area contributed by atoms with Crippen molar-refractivity contribution in [1.29, 1.82) is 0 Å². The van der Waals surface area contributed by atoms with Gasteiger partial charge in [-0.1, -0.05) is 67.6 Å². The highest BCUT2D eigenvalue weighted by molar-refractivity contribution is 5.97. The van der Waals surface area contributed by atoms with Crippen molar-refractivity contribution in [2.75, 3.05) is 45.9 Å². The second kappa shape index (κ2) is 10.5. The zero-order valence-electron chi connectivity index (χ0n) is 17.1. The molecule has 1 aliphatic heterocycles. The van der Waals surface area contributed by atoms with Gasteiger partial charge in [0, 0.05) is 57.4 Å². The van der Waals surface area contributed by atoms with Crippen LogP contribution >= 0.6 is 0 Å². The van der Waals surface area contributed by atoms with Crippen LogP contribution in [0.25, 0.3) is 0 Å². The van der Waals surface area contributed by atoms with Crippen molar-refractivity contribution >= 4 is 5.78 Å². The fraction of sp³-hybridized carbons (Fsp3) is 0.458. The molecule has 28 heavy (non-hydrogen) atoms. The van der Waals surface area contributed by atoms with Gasteiger partial charge in [0.2, 0.25) is 0 Å². The van der Waals surface area contributed by atoms with E-state index in [0.29, 0.717) is 0 Å². The highest BCUT2D eigenvalue weighted by Gasteiger charge is 2.24. The number of hydrogen-bond acceptors (Lipinski definition) is 4. The number of carbonyl (C=O) groups is 1. The van der Waals surface area contributed by atoms with E-state index in [-0.39, 0.29) is 17.8 Å². The monoisotopic (exact) mass is 380 g/mol. The summed E-state index contributed by atoms with van der Waals surface area (Å²) < 4.78 is 6.00. The van der Waals surface area contributed by atoms with Crippen molar-refractivity contribution in [3.05, 3.63) is 71.8 Å². The molecule has 0 radical (unpaired) electrons. The highest BCUT2D eigenvalue weighted by atomic mass is 16.5. The summed E-state index contributed by atoms with van der Waals surface area (Å²) in [6, 6.07) is 20.1. The van der Waals surface area contributed by atoms with Gasteiger partial charge in [-0.3, -0.25) is 9.69 Å². The fourth-order valence-corrected chi connectivity index (χ4v) is 3.87. The van der Waals surface area contributed by atoms with Gasteiger partial charge in [0.15, 0.2) is 5.78 Å². The maximum Gasteiger partial charge on any atom is 0.166 e. The second-order valence-electron chi connectivity index (χ2n) is 7.59. The average Bonchev–Trinajstić information content (AvgIpc) is 2.75. The largest absolute Gasteiger partial charge is 0.372 e. The minimum atomic E-state index is 0.0226. The van der Waals surface area contributed by atoms with Crippen LogP contribution in [-0.4, -0.2) is 61.5 Å². The quantitative estimate of drug-likeness (QED) is 0.618. The fourth-order valence-electron chi connectivity index (χ4n) is 3.87. The summed E-state index contributed by atoms with van der Waals surface area (Å²) in [6.07, 6.45) is 0.122. The van der Waals surface area contributed by atoms with E-state index in [1.807, 2.05) is 43.3 Å². The molecule has 0 aromatic heterocycles. The molecule has 4 heteroatoms. The van der Waals surface area contributed by atoms with Crippen molar-refractivity contribution in [2.24, 2.45) is 5.92 Å². The summed E-state index contributed by atoms with van der Waals surface area (Å²) in [5.74, 6) is 0.262. The van der Waals surface area contributed by atoms with Crippen LogP contribution < -0.4 is 0 Å². The van der Waals surface area contributed by atoms with Crippen LogP contribution in [0, 0.1) is 5.92 Å². The molecule has 0 spiro atoms. The van der Waals surface area contributed by atoms with Gasteiger partial charge in [-0.25, -0.2) is 0 Å². The molecule has 0 unspecified atom stereocenters. The second-order valence-corrected chi connectivity index (χ2v) is 7.59. The van der Waals surface area contributed by atoms with E-state index in [0.717, 1.165) is 51.4 Å². The minimum Gasteiger partial charge on any atom is -0.372 e. The Morgan fingerprint density at radius 3 is 2.00 bits per heavy atom. The number of carbonyl (C=O) groups excluding carboxylic acids is 1. The molecule has 1 aliphatic rings. The maximum absolute atomic E-state index is 12.6. The Morgan fingerprint density at radius 2 is 1.43 bits per heavy atom. The Kier molecular flexibility index (Phi) is 7.78. The van der Waals surface area contributed by atoms with Gasteiger partial charge in [-0.2, -0.15) is 0 Å². The Bertz CT molecular complexity index is 712. The Balaban J connectivity index is 1.48. The maximum atomic E-state index is 12.6. The molecule has 1 fully saturated rings. The normalized spacial score (nSPS) is 17.9. The molecule has 0 bridgehead atoms. The predicted molar refractivity (Wildman–Crippen MR) is 114 cm³/mol. The standard InChI is InChI=1S/C24H32N2O2/c1-3-28-23(21-10-6-4-7-11-21)19-26-16-14-25(15-17-26)18-20(2)24(27)22-12-8-5-9-13-22/h4-13,20,23H,3,14-19H2,1-2H3/t20-,23+/m0/s1. The van der Waals surface area contributed by atoms with E-state index < -0.39 is 0 Å². The summed E-state index contributed by atoms with van der Waals surface area (Å²) in [5.41, 5.74) is 2.06. The molecule has 3 rings (SSSR count). The Morgan fingerprint density at radius 1 is 0.893 bits per heavy atom. The smallest absolute Gasteiger partial charge is 0.166 e. The summed E-state index contributed by atoms with van der Waals surface area (Å²) >= 11 is 0. The molecule has 0 aliphatic carbocycles. The number of rotatable bonds is 9. The SMILES string of the molecule is CCO[C@H](CN1CCN(C[C@H](C)C(=O)c2ccccc2)CC1)c1ccccc1. The van der Waals surface area contributed by atoms with Crippen molar-refractivity contribution in [3.63, 3.8) is 0 Å². The summed E-state index contributed by atoms with van der Waals surface area (Å²) in [6.45, 7) is 10.6. The number of ether oxygens (including phenoxy) is 1. The van der Waals surface area contributed by atoms with Gasteiger partial charge in [0.25, 0.3) is 0 Å². The molecule has 150 valence electrons. The van der Waals surface area contributed by atoms with E-state index >= 15 is 0 Å². The van der Waals surface area contributed by atoms with Gasteiger partial charge in [0.05, 0.1) is 6.10 Å². The first kappa shape index (κ1) is 20.7.